The van der Waals surface area contributed by atoms with Crippen LogP contribution in [0.4, 0.5) is 4.39 Å². The third-order valence-corrected chi connectivity index (χ3v) is 4.59. The highest BCUT2D eigenvalue weighted by Crippen LogP contribution is 2.28. The third kappa shape index (κ3) is 6.82. The fourth-order valence-electron chi connectivity index (χ4n) is 3.02. The van der Waals surface area contributed by atoms with Crippen molar-refractivity contribution in [3.63, 3.8) is 0 Å². The van der Waals surface area contributed by atoms with Gasteiger partial charge in [-0.05, 0) is 48.4 Å². The molecule has 2 N–H and O–H groups in total. The molecule has 0 aromatic heterocycles. The summed E-state index contributed by atoms with van der Waals surface area (Å²) in [5.41, 5.74) is 4.19. The van der Waals surface area contributed by atoms with Gasteiger partial charge in [-0.2, -0.15) is 5.10 Å². The predicted octanol–water partition coefficient (Wildman–Crippen LogP) is 1.17. The van der Waals surface area contributed by atoms with Crippen molar-refractivity contribution in [1.82, 2.24) is 5.43 Å². The highest BCUT2D eigenvalue weighted by molar-refractivity contribution is 5.83. The van der Waals surface area contributed by atoms with Crippen LogP contribution < -0.4 is 19.8 Å². The molecule has 0 spiro atoms. The number of benzene rings is 2. The number of carbonyl (C=O) groups is 1. The average molecular weight is 416 g/mol. The quantitative estimate of drug-likeness (QED) is 0.476. The van der Waals surface area contributed by atoms with Gasteiger partial charge in [0.05, 0.1) is 26.0 Å². The van der Waals surface area contributed by atoms with Crippen molar-refractivity contribution < 1.29 is 28.3 Å². The van der Waals surface area contributed by atoms with Crippen LogP contribution in [0, 0.1) is 5.82 Å². The molecule has 1 fully saturated rings. The molecule has 1 aliphatic rings. The number of ether oxygens (including phenoxy) is 3. The van der Waals surface area contributed by atoms with Gasteiger partial charge >= 0.3 is 0 Å². The Bertz CT molecular complexity index is 852. The summed E-state index contributed by atoms with van der Waals surface area (Å²) >= 11 is 0. The first-order valence-electron chi connectivity index (χ1n) is 10.0. The average Bonchev–Trinajstić information content (AvgIpc) is 2.75. The van der Waals surface area contributed by atoms with E-state index >= 15 is 0 Å². The molecule has 3 rings (SSSR count). The highest BCUT2D eigenvalue weighted by Gasteiger charge is 2.17. The van der Waals surface area contributed by atoms with E-state index in [1.807, 2.05) is 13.0 Å². The number of halogens is 1. The van der Waals surface area contributed by atoms with Crippen LogP contribution in [0.5, 0.6) is 11.5 Å². The number of amides is 1. The number of quaternary nitrogens is 1. The number of carbonyl (C=O) groups excluding carboxylic acids is 1. The Morgan fingerprint density at radius 1 is 1.17 bits per heavy atom. The fraction of sp³-hybridized carbons (Fsp3) is 0.364. The lowest BCUT2D eigenvalue weighted by Crippen LogP contribution is -3.15. The van der Waals surface area contributed by atoms with E-state index in [2.05, 4.69) is 10.5 Å². The topological polar surface area (TPSA) is 73.6 Å². The number of hydrazone groups is 1. The van der Waals surface area contributed by atoms with Crippen molar-refractivity contribution in [2.75, 3.05) is 39.5 Å². The molecule has 0 radical (unpaired) electrons. The van der Waals surface area contributed by atoms with Crippen LogP contribution in [-0.2, 0) is 16.1 Å². The second-order valence-corrected chi connectivity index (χ2v) is 6.89. The summed E-state index contributed by atoms with van der Waals surface area (Å²) in [7, 11) is 0. The summed E-state index contributed by atoms with van der Waals surface area (Å²) in [6, 6.07) is 11.6. The van der Waals surface area contributed by atoms with E-state index in [-0.39, 0.29) is 11.7 Å². The Labute approximate surface area is 175 Å². The predicted molar refractivity (Wildman–Crippen MR) is 110 cm³/mol. The van der Waals surface area contributed by atoms with Gasteiger partial charge in [0.1, 0.15) is 25.5 Å². The molecular weight excluding hydrogens is 389 g/mol. The Morgan fingerprint density at radius 2 is 1.93 bits per heavy atom. The van der Waals surface area contributed by atoms with Crippen LogP contribution in [0.15, 0.2) is 47.6 Å². The maximum Gasteiger partial charge on any atom is 0.295 e. The number of hydrogen-bond acceptors (Lipinski definition) is 5. The van der Waals surface area contributed by atoms with E-state index in [1.54, 1.807) is 30.5 Å². The van der Waals surface area contributed by atoms with E-state index in [9.17, 15) is 9.18 Å². The number of morpholine rings is 1. The first-order valence-corrected chi connectivity index (χ1v) is 10.0. The first kappa shape index (κ1) is 21.7. The lowest BCUT2D eigenvalue weighted by molar-refractivity contribution is -0.900. The molecule has 1 heterocycles. The van der Waals surface area contributed by atoms with Gasteiger partial charge < -0.3 is 19.1 Å². The minimum atomic E-state index is -0.282. The molecule has 1 amide bonds. The maximum atomic E-state index is 13.0. The number of rotatable bonds is 9. The molecule has 0 saturated carbocycles. The Balaban J connectivity index is 1.55. The van der Waals surface area contributed by atoms with Gasteiger partial charge in [0.15, 0.2) is 18.0 Å². The molecule has 0 aliphatic carbocycles. The standard InChI is InChI=1S/C22H26FN3O4/c1-2-29-21-13-18(14-24-25-22(27)15-26-9-11-28-12-10-26)5-8-20(21)30-16-17-3-6-19(23)7-4-17/h3-8,13-14H,2,9-12,15-16H2,1H3,(H,25,27)/p+1/b24-14-. The molecule has 0 bridgehead atoms. The van der Waals surface area contributed by atoms with Crippen molar-refractivity contribution in [1.29, 1.82) is 0 Å². The van der Waals surface area contributed by atoms with Crippen molar-refractivity contribution in [2.24, 2.45) is 5.10 Å². The smallest absolute Gasteiger partial charge is 0.295 e. The molecule has 1 saturated heterocycles. The zero-order valence-corrected chi connectivity index (χ0v) is 17.0. The molecule has 30 heavy (non-hydrogen) atoms. The van der Waals surface area contributed by atoms with E-state index < -0.39 is 0 Å². The monoisotopic (exact) mass is 416 g/mol. The summed E-state index contributed by atoms with van der Waals surface area (Å²) < 4.78 is 29.8. The SMILES string of the molecule is CCOc1cc(/C=N\NC(=O)C[NH+]2CCOCC2)ccc1OCc1ccc(F)cc1. The summed E-state index contributed by atoms with van der Waals surface area (Å²) in [5, 5.41) is 4.04. The van der Waals surface area contributed by atoms with E-state index in [0.29, 0.717) is 44.5 Å². The normalized spacial score (nSPS) is 14.6. The highest BCUT2D eigenvalue weighted by atomic mass is 19.1. The third-order valence-electron chi connectivity index (χ3n) is 4.59. The Morgan fingerprint density at radius 3 is 2.67 bits per heavy atom. The van der Waals surface area contributed by atoms with Gasteiger partial charge in [0.25, 0.3) is 5.91 Å². The van der Waals surface area contributed by atoms with Crippen LogP contribution in [0.25, 0.3) is 0 Å². The molecule has 1 aliphatic heterocycles. The maximum absolute atomic E-state index is 13.0. The second-order valence-electron chi connectivity index (χ2n) is 6.89. The molecule has 160 valence electrons. The van der Waals surface area contributed by atoms with Crippen LogP contribution in [-0.4, -0.2) is 51.6 Å². The molecule has 0 unspecified atom stereocenters. The van der Waals surface area contributed by atoms with Crippen molar-refractivity contribution in [3.05, 3.63) is 59.4 Å². The molecule has 0 atom stereocenters. The minimum Gasteiger partial charge on any atom is -0.490 e. The minimum absolute atomic E-state index is 0.132. The summed E-state index contributed by atoms with van der Waals surface area (Å²) in [5.74, 6) is 0.745. The molecule has 7 nitrogen and oxygen atoms in total. The molecule has 2 aromatic rings. The largest absolute Gasteiger partial charge is 0.490 e. The van der Waals surface area contributed by atoms with Gasteiger partial charge in [-0.1, -0.05) is 12.1 Å². The zero-order valence-electron chi connectivity index (χ0n) is 17.0. The Hall–Kier alpha value is -2.97. The molecular formula is C22H27FN3O4+. The van der Waals surface area contributed by atoms with Crippen molar-refractivity contribution in [3.8, 4) is 11.5 Å². The molecule has 2 aromatic carbocycles. The van der Waals surface area contributed by atoms with Crippen LogP contribution in [0.3, 0.4) is 0 Å². The lowest BCUT2D eigenvalue weighted by Gasteiger charge is -2.22. The molecule has 8 heteroatoms. The van der Waals surface area contributed by atoms with Crippen molar-refractivity contribution in [2.45, 2.75) is 13.5 Å². The van der Waals surface area contributed by atoms with Gasteiger partial charge in [0.2, 0.25) is 0 Å². The van der Waals surface area contributed by atoms with Gasteiger partial charge in [-0.25, -0.2) is 9.82 Å². The lowest BCUT2D eigenvalue weighted by atomic mass is 10.2. The van der Waals surface area contributed by atoms with Crippen molar-refractivity contribution >= 4 is 12.1 Å². The van der Waals surface area contributed by atoms with Gasteiger partial charge in [-0.15, -0.1) is 0 Å². The second kappa shape index (κ2) is 11.3. The number of nitrogens with one attached hydrogen (secondary N) is 2. The van der Waals surface area contributed by atoms with Crippen LogP contribution >= 0.6 is 0 Å². The first-order chi connectivity index (χ1) is 14.6. The van der Waals surface area contributed by atoms with Crippen LogP contribution in [0.2, 0.25) is 0 Å². The number of nitrogens with zero attached hydrogens (tertiary/aromatic N) is 1. The number of hydrogen-bond donors (Lipinski definition) is 2. The summed E-state index contributed by atoms with van der Waals surface area (Å²) in [6.07, 6.45) is 1.57. The van der Waals surface area contributed by atoms with Gasteiger partial charge in [-0.3, -0.25) is 4.79 Å². The summed E-state index contributed by atoms with van der Waals surface area (Å²) in [4.78, 5) is 13.2. The fourth-order valence-corrected chi connectivity index (χ4v) is 3.02. The van der Waals surface area contributed by atoms with Gasteiger partial charge in [0, 0.05) is 0 Å². The van der Waals surface area contributed by atoms with Crippen LogP contribution in [0.1, 0.15) is 18.1 Å². The summed E-state index contributed by atoms with van der Waals surface area (Å²) in [6.45, 7) is 6.06. The Kier molecular flexibility index (Phi) is 8.17. The zero-order chi connectivity index (χ0) is 21.2. The van der Waals surface area contributed by atoms with E-state index in [4.69, 9.17) is 14.2 Å². The van der Waals surface area contributed by atoms with E-state index in [1.165, 1.54) is 17.0 Å². The van der Waals surface area contributed by atoms with E-state index in [0.717, 1.165) is 24.2 Å².